The molecule has 0 spiro atoms. The highest BCUT2D eigenvalue weighted by atomic mass is 19.2. The molecule has 0 radical (unpaired) electrons. The number of hydrogen-bond acceptors (Lipinski definition) is 8. The van der Waals surface area contributed by atoms with Crippen LogP contribution in [0, 0.1) is 103 Å². The van der Waals surface area contributed by atoms with E-state index < -0.39 is 113 Å². The van der Waals surface area contributed by atoms with Crippen LogP contribution >= 0.6 is 0 Å². The fraction of sp³-hybridized carbons (Fsp3) is 0. The first-order valence-corrected chi connectivity index (χ1v) is 11.7. The van der Waals surface area contributed by atoms with Crippen molar-refractivity contribution in [1.82, 2.24) is 9.97 Å². The van der Waals surface area contributed by atoms with Gasteiger partial charge in [0.15, 0.2) is 0 Å². The maximum atomic E-state index is 16.9. The predicted octanol–water partition coefficient (Wildman–Crippen LogP) is 5.81. The molecule has 0 aliphatic heterocycles. The van der Waals surface area contributed by atoms with Crippen LogP contribution in [-0.2, 0) is 0 Å². The topological polar surface area (TPSA) is 169 Å². The quantitative estimate of drug-likeness (QED) is 0.205. The van der Waals surface area contributed by atoms with Gasteiger partial charge in [0.2, 0.25) is 23.8 Å². The predicted molar refractivity (Wildman–Crippen MR) is 136 cm³/mol. The molecular formula is C30H4F6N8. The lowest BCUT2D eigenvalue weighted by Crippen LogP contribution is -2.05. The summed E-state index contributed by atoms with van der Waals surface area (Å²) in [4.78, 5) is 5.84. The Morgan fingerprint density at radius 1 is 0.477 bits per heavy atom. The standard InChI is InChI=1S/C30H4F6N8/c31-17-1-11(2-18(32)43-17)21-15(9-41)25-27(23(21)13(5-37)6-38)30(36)28-24(14(7-39)8-40)22(16(10-42)26(28)29(25)35)12-3-19(33)44-20(34)4-12/h1-4H. The van der Waals surface area contributed by atoms with Crippen LogP contribution < -0.4 is 0 Å². The molecule has 0 amide bonds. The van der Waals surface area contributed by atoms with E-state index in [1.54, 1.807) is 12.1 Å². The summed E-state index contributed by atoms with van der Waals surface area (Å²) in [6.45, 7) is 0. The third-order valence-corrected chi connectivity index (χ3v) is 6.65. The molecule has 0 saturated heterocycles. The number of benzene rings is 1. The van der Waals surface area contributed by atoms with Crippen molar-refractivity contribution in [3.8, 4) is 36.4 Å². The minimum atomic E-state index is -1.57. The second-order valence-electron chi connectivity index (χ2n) is 8.80. The van der Waals surface area contributed by atoms with Gasteiger partial charge in [-0.3, -0.25) is 0 Å². The summed E-state index contributed by atoms with van der Waals surface area (Å²) >= 11 is 0. The lowest BCUT2D eigenvalue weighted by atomic mass is 9.88. The molecule has 2 heterocycles. The van der Waals surface area contributed by atoms with Crippen LogP contribution in [0.5, 0.6) is 0 Å². The van der Waals surface area contributed by atoms with Crippen LogP contribution in [0.15, 0.2) is 35.4 Å². The average Bonchev–Trinajstić information content (AvgIpc) is 3.51. The number of aromatic nitrogens is 2. The van der Waals surface area contributed by atoms with Gasteiger partial charge in [-0.25, -0.2) is 8.78 Å². The van der Waals surface area contributed by atoms with Crippen LogP contribution in [0.2, 0.25) is 0 Å². The molecule has 0 fully saturated rings. The van der Waals surface area contributed by atoms with E-state index in [2.05, 4.69) is 9.97 Å². The van der Waals surface area contributed by atoms with E-state index >= 15 is 8.78 Å². The molecule has 5 rings (SSSR count). The highest BCUT2D eigenvalue weighted by Gasteiger charge is 2.44. The van der Waals surface area contributed by atoms with Crippen molar-refractivity contribution >= 4 is 33.4 Å². The van der Waals surface area contributed by atoms with E-state index in [0.717, 1.165) is 0 Å². The summed E-state index contributed by atoms with van der Waals surface area (Å²) in [7, 11) is 0. The summed E-state index contributed by atoms with van der Waals surface area (Å²) in [5, 5.41) is 58.9. The number of allylic oxidation sites excluding steroid dienone is 8. The Bertz CT molecular complexity index is 2070. The number of pyridine rings is 2. The van der Waals surface area contributed by atoms with Crippen molar-refractivity contribution in [2.45, 2.75) is 0 Å². The molecule has 2 aromatic heterocycles. The van der Waals surface area contributed by atoms with Gasteiger partial charge in [-0.15, -0.1) is 0 Å². The van der Waals surface area contributed by atoms with E-state index in [1.165, 1.54) is 24.3 Å². The molecule has 2 aliphatic rings. The van der Waals surface area contributed by atoms with E-state index in [0.29, 0.717) is 24.3 Å². The molecule has 0 N–H and O–H groups in total. The zero-order chi connectivity index (χ0) is 32.0. The molecule has 206 valence electrons. The number of halogens is 6. The third-order valence-electron chi connectivity index (χ3n) is 6.65. The average molecular weight is 590 g/mol. The molecule has 3 aromatic rings. The van der Waals surface area contributed by atoms with Crippen molar-refractivity contribution in [2.24, 2.45) is 0 Å². The zero-order valence-corrected chi connectivity index (χ0v) is 21.2. The molecule has 44 heavy (non-hydrogen) atoms. The molecule has 0 atom stereocenters. The van der Waals surface area contributed by atoms with Crippen LogP contribution in [0.3, 0.4) is 0 Å². The monoisotopic (exact) mass is 590 g/mol. The number of fused-ring (bicyclic) bond motifs is 2. The second kappa shape index (κ2) is 10.4. The summed E-state index contributed by atoms with van der Waals surface area (Å²) in [5.41, 5.74) is -11.1. The van der Waals surface area contributed by atoms with E-state index in [1.807, 2.05) is 0 Å². The minimum Gasteiger partial charge on any atom is -0.206 e. The van der Waals surface area contributed by atoms with Crippen molar-refractivity contribution in [1.29, 1.82) is 31.6 Å². The molecule has 0 saturated carbocycles. The van der Waals surface area contributed by atoms with Gasteiger partial charge in [0.05, 0.1) is 11.1 Å². The first-order valence-electron chi connectivity index (χ1n) is 11.7. The maximum Gasteiger partial charge on any atom is 0.216 e. The Kier molecular flexibility index (Phi) is 6.77. The number of nitriles is 6. The Labute approximate surface area is 242 Å². The summed E-state index contributed by atoms with van der Waals surface area (Å²) in [6.07, 6.45) is 0. The van der Waals surface area contributed by atoms with Gasteiger partial charge in [-0.1, -0.05) is 0 Å². The Hall–Kier alpha value is -7.00. The van der Waals surface area contributed by atoms with Gasteiger partial charge in [0, 0.05) is 68.8 Å². The van der Waals surface area contributed by atoms with Crippen molar-refractivity contribution < 1.29 is 26.3 Å². The Balaban J connectivity index is 2.06. The van der Waals surface area contributed by atoms with Gasteiger partial charge in [-0.05, 0) is 11.1 Å². The third kappa shape index (κ3) is 3.97. The SMILES string of the molecule is N#CC(C#N)=C1C(c2cc(F)nc(F)c2)=C(C#N)c2c(F)c3c(c(F)c21)C(=C(C#N)C#N)C(c1cc(F)nc(F)c1)=C3C#N. The molecule has 2 aliphatic carbocycles. The Morgan fingerprint density at radius 3 is 1.05 bits per heavy atom. The highest BCUT2D eigenvalue weighted by molar-refractivity contribution is 6.30. The molecule has 8 nitrogen and oxygen atoms in total. The second-order valence-corrected chi connectivity index (χ2v) is 8.80. The molecule has 0 unspecified atom stereocenters. The minimum absolute atomic E-state index is 0.537. The smallest absolute Gasteiger partial charge is 0.206 e. The zero-order valence-electron chi connectivity index (χ0n) is 21.2. The van der Waals surface area contributed by atoms with Gasteiger partial charge >= 0.3 is 0 Å². The fourth-order valence-corrected chi connectivity index (χ4v) is 5.17. The number of rotatable bonds is 2. The lowest BCUT2D eigenvalue weighted by molar-refractivity contribution is 0.511. The van der Waals surface area contributed by atoms with Gasteiger partial charge < -0.3 is 0 Å². The van der Waals surface area contributed by atoms with Crippen molar-refractivity contribution in [3.05, 3.63) is 104 Å². The maximum absolute atomic E-state index is 16.9. The van der Waals surface area contributed by atoms with Gasteiger partial charge in [0.25, 0.3) is 0 Å². The highest BCUT2D eigenvalue weighted by Crippen LogP contribution is 2.57. The van der Waals surface area contributed by atoms with E-state index in [4.69, 9.17) is 0 Å². The van der Waals surface area contributed by atoms with Crippen LogP contribution in [0.4, 0.5) is 26.3 Å². The number of hydrogen-bond donors (Lipinski definition) is 0. The number of nitrogens with zero attached hydrogens (tertiary/aromatic N) is 8. The van der Waals surface area contributed by atoms with Crippen LogP contribution in [-0.4, -0.2) is 9.97 Å². The summed E-state index contributed by atoms with van der Waals surface area (Å²) < 4.78 is 90.1. The van der Waals surface area contributed by atoms with Crippen LogP contribution in [0.25, 0.3) is 33.4 Å². The van der Waals surface area contributed by atoms with E-state index in [-0.39, 0.29) is 0 Å². The normalized spacial score (nSPS) is 12.8. The summed E-state index contributed by atoms with van der Waals surface area (Å²) in [6, 6.07) is 11.3. The van der Waals surface area contributed by atoms with Crippen LogP contribution in [0.1, 0.15) is 33.4 Å². The van der Waals surface area contributed by atoms with Gasteiger partial charge in [-0.2, -0.15) is 59.1 Å². The first-order chi connectivity index (χ1) is 21.1. The molecular weight excluding hydrogens is 586 g/mol. The molecule has 14 heteroatoms. The van der Waals surface area contributed by atoms with Crippen molar-refractivity contribution in [3.63, 3.8) is 0 Å². The first kappa shape index (κ1) is 28.5. The Morgan fingerprint density at radius 2 is 0.773 bits per heavy atom. The van der Waals surface area contributed by atoms with Gasteiger partial charge in [0.1, 0.15) is 59.2 Å². The molecule has 1 aromatic carbocycles. The molecule has 0 bridgehead atoms. The largest absolute Gasteiger partial charge is 0.216 e. The fourth-order valence-electron chi connectivity index (χ4n) is 5.17. The summed E-state index contributed by atoms with van der Waals surface area (Å²) in [5.74, 6) is -8.80. The van der Waals surface area contributed by atoms with E-state index in [9.17, 15) is 49.1 Å². The van der Waals surface area contributed by atoms with Crippen molar-refractivity contribution in [2.75, 3.05) is 0 Å². The lowest BCUT2D eigenvalue weighted by Gasteiger charge is -2.14.